The van der Waals surface area contributed by atoms with Gasteiger partial charge in [-0.05, 0) is 32.5 Å². The minimum atomic E-state index is 0.235. The Morgan fingerprint density at radius 2 is 1.67 bits per heavy atom. The molecule has 0 aliphatic carbocycles. The molecule has 0 aliphatic heterocycles. The topological polar surface area (TPSA) is 20.3 Å². The Labute approximate surface area is 127 Å². The van der Waals surface area contributed by atoms with Crippen LogP contribution in [-0.2, 0) is 6.54 Å². The van der Waals surface area contributed by atoms with Crippen LogP contribution >= 0.6 is 0 Å². The zero-order valence-corrected chi connectivity index (χ0v) is 12.9. The van der Waals surface area contributed by atoms with Crippen molar-refractivity contribution in [3.63, 3.8) is 0 Å². The highest BCUT2D eigenvalue weighted by Gasteiger charge is 2.06. The number of aryl methyl sites for hydroxylation is 1. The van der Waals surface area contributed by atoms with E-state index in [9.17, 15) is 4.79 Å². The molecule has 0 amide bonds. The van der Waals surface area contributed by atoms with Gasteiger partial charge in [0.2, 0.25) is 0 Å². The fourth-order valence-corrected chi connectivity index (χ4v) is 2.36. The molecule has 0 radical (unpaired) electrons. The average molecular weight is 281 g/mol. The second-order valence-corrected chi connectivity index (χ2v) is 5.62. The van der Waals surface area contributed by atoms with Gasteiger partial charge in [-0.1, -0.05) is 60.2 Å². The van der Waals surface area contributed by atoms with E-state index >= 15 is 0 Å². The smallest absolute Gasteiger partial charge is 0.162 e. The van der Waals surface area contributed by atoms with Gasteiger partial charge in [0.25, 0.3) is 0 Å². The molecule has 110 valence electrons. The first-order chi connectivity index (χ1) is 10.1. The first-order valence-corrected chi connectivity index (χ1v) is 7.47. The van der Waals surface area contributed by atoms with Gasteiger partial charge in [0, 0.05) is 18.5 Å². The van der Waals surface area contributed by atoms with Crippen molar-refractivity contribution >= 4 is 5.78 Å². The molecule has 0 bridgehead atoms. The Bertz CT molecular complexity index is 560. The molecule has 0 N–H and O–H groups in total. The van der Waals surface area contributed by atoms with Crippen LogP contribution in [0.2, 0.25) is 0 Å². The molecule has 0 unspecified atom stereocenters. The standard InChI is InChI=1S/C19H23NO/c1-16-10-12-17(13-11-16)15-20(2)14-6-9-19(21)18-7-4-3-5-8-18/h3-5,7-8,10-13H,6,9,14-15H2,1-2H3. The zero-order chi connectivity index (χ0) is 15.1. The number of rotatable bonds is 7. The van der Waals surface area contributed by atoms with E-state index < -0.39 is 0 Å². The third kappa shape index (κ3) is 5.16. The lowest BCUT2D eigenvalue weighted by Crippen LogP contribution is -2.19. The molecule has 2 aromatic rings. The lowest BCUT2D eigenvalue weighted by atomic mass is 10.1. The highest BCUT2D eigenvalue weighted by molar-refractivity contribution is 5.95. The maximum absolute atomic E-state index is 12.0. The van der Waals surface area contributed by atoms with Crippen LogP contribution in [0.4, 0.5) is 0 Å². The van der Waals surface area contributed by atoms with Gasteiger partial charge in [-0.15, -0.1) is 0 Å². The van der Waals surface area contributed by atoms with Crippen molar-refractivity contribution in [1.82, 2.24) is 4.90 Å². The van der Waals surface area contributed by atoms with E-state index in [4.69, 9.17) is 0 Å². The Balaban J connectivity index is 1.73. The summed E-state index contributed by atoms with van der Waals surface area (Å²) in [6.07, 6.45) is 1.51. The van der Waals surface area contributed by atoms with E-state index in [0.29, 0.717) is 6.42 Å². The van der Waals surface area contributed by atoms with Gasteiger partial charge >= 0.3 is 0 Å². The van der Waals surface area contributed by atoms with Gasteiger partial charge in [-0.3, -0.25) is 4.79 Å². The first kappa shape index (κ1) is 15.5. The van der Waals surface area contributed by atoms with Crippen LogP contribution in [0.25, 0.3) is 0 Å². The van der Waals surface area contributed by atoms with Crippen molar-refractivity contribution in [3.8, 4) is 0 Å². The SMILES string of the molecule is Cc1ccc(CN(C)CCCC(=O)c2ccccc2)cc1. The van der Waals surface area contributed by atoms with Gasteiger partial charge in [0.15, 0.2) is 5.78 Å². The Kier molecular flexibility index (Phi) is 5.70. The molecule has 2 aromatic carbocycles. The minimum Gasteiger partial charge on any atom is -0.302 e. The van der Waals surface area contributed by atoms with Crippen molar-refractivity contribution in [2.75, 3.05) is 13.6 Å². The predicted molar refractivity (Wildman–Crippen MR) is 87.5 cm³/mol. The fraction of sp³-hybridized carbons (Fsp3) is 0.316. The van der Waals surface area contributed by atoms with Gasteiger partial charge in [0.05, 0.1) is 0 Å². The normalized spacial score (nSPS) is 10.8. The molecular weight excluding hydrogens is 258 g/mol. The number of nitrogens with zero attached hydrogens (tertiary/aromatic N) is 1. The molecule has 2 heteroatoms. The summed E-state index contributed by atoms with van der Waals surface area (Å²) in [4.78, 5) is 14.3. The fourth-order valence-electron chi connectivity index (χ4n) is 2.36. The van der Waals surface area contributed by atoms with Gasteiger partial charge in [-0.2, -0.15) is 0 Å². The summed E-state index contributed by atoms with van der Waals surface area (Å²) < 4.78 is 0. The summed E-state index contributed by atoms with van der Waals surface area (Å²) in [5.74, 6) is 0.235. The van der Waals surface area contributed by atoms with Crippen LogP contribution in [0, 0.1) is 6.92 Å². The monoisotopic (exact) mass is 281 g/mol. The van der Waals surface area contributed by atoms with E-state index in [1.165, 1.54) is 11.1 Å². The van der Waals surface area contributed by atoms with Gasteiger partial charge < -0.3 is 4.90 Å². The minimum absolute atomic E-state index is 0.235. The lowest BCUT2D eigenvalue weighted by molar-refractivity contribution is 0.0976. The lowest BCUT2D eigenvalue weighted by Gasteiger charge is -2.16. The second-order valence-electron chi connectivity index (χ2n) is 5.62. The number of benzene rings is 2. The Morgan fingerprint density at radius 3 is 2.33 bits per heavy atom. The molecule has 0 saturated carbocycles. The summed E-state index contributed by atoms with van der Waals surface area (Å²) in [6, 6.07) is 18.2. The van der Waals surface area contributed by atoms with E-state index in [0.717, 1.165) is 25.1 Å². The maximum atomic E-state index is 12.0. The van der Waals surface area contributed by atoms with Crippen molar-refractivity contribution in [2.45, 2.75) is 26.3 Å². The highest BCUT2D eigenvalue weighted by atomic mass is 16.1. The van der Waals surface area contributed by atoms with E-state index in [-0.39, 0.29) is 5.78 Å². The van der Waals surface area contributed by atoms with Crippen LogP contribution in [0.5, 0.6) is 0 Å². The number of carbonyl (C=O) groups excluding carboxylic acids is 1. The van der Waals surface area contributed by atoms with E-state index in [2.05, 4.69) is 43.1 Å². The third-order valence-electron chi connectivity index (χ3n) is 3.61. The molecule has 0 spiro atoms. The molecule has 0 aromatic heterocycles. The van der Waals surface area contributed by atoms with Crippen LogP contribution in [0.1, 0.15) is 34.3 Å². The second kappa shape index (κ2) is 7.75. The molecule has 2 nitrogen and oxygen atoms in total. The summed E-state index contributed by atoms with van der Waals surface area (Å²) in [6.45, 7) is 3.97. The summed E-state index contributed by atoms with van der Waals surface area (Å²) >= 11 is 0. The van der Waals surface area contributed by atoms with Gasteiger partial charge in [-0.25, -0.2) is 0 Å². The number of Topliss-reactive ketones (excluding diaryl/α,β-unsaturated/α-hetero) is 1. The van der Waals surface area contributed by atoms with Crippen molar-refractivity contribution < 1.29 is 4.79 Å². The molecule has 0 heterocycles. The van der Waals surface area contributed by atoms with Crippen molar-refractivity contribution in [3.05, 3.63) is 71.3 Å². The highest BCUT2D eigenvalue weighted by Crippen LogP contribution is 2.08. The Hall–Kier alpha value is -1.93. The van der Waals surface area contributed by atoms with Crippen LogP contribution in [0.15, 0.2) is 54.6 Å². The van der Waals surface area contributed by atoms with E-state index in [1.54, 1.807) is 0 Å². The molecule has 21 heavy (non-hydrogen) atoms. The summed E-state index contributed by atoms with van der Waals surface area (Å²) in [7, 11) is 2.10. The van der Waals surface area contributed by atoms with Crippen LogP contribution < -0.4 is 0 Å². The van der Waals surface area contributed by atoms with Crippen molar-refractivity contribution in [1.29, 1.82) is 0 Å². The molecule has 0 aliphatic rings. The molecular formula is C19H23NO. The van der Waals surface area contributed by atoms with Gasteiger partial charge in [0.1, 0.15) is 0 Å². The zero-order valence-electron chi connectivity index (χ0n) is 12.9. The number of carbonyl (C=O) groups is 1. The molecule has 0 atom stereocenters. The number of ketones is 1. The van der Waals surface area contributed by atoms with Crippen molar-refractivity contribution in [2.24, 2.45) is 0 Å². The van der Waals surface area contributed by atoms with Crippen LogP contribution in [0.3, 0.4) is 0 Å². The molecule has 0 fully saturated rings. The summed E-state index contributed by atoms with van der Waals surface area (Å²) in [5.41, 5.74) is 3.42. The number of hydrogen-bond donors (Lipinski definition) is 0. The largest absolute Gasteiger partial charge is 0.302 e. The average Bonchev–Trinajstić information content (AvgIpc) is 2.50. The Morgan fingerprint density at radius 1 is 1.00 bits per heavy atom. The third-order valence-corrected chi connectivity index (χ3v) is 3.61. The number of hydrogen-bond acceptors (Lipinski definition) is 2. The quantitative estimate of drug-likeness (QED) is 0.712. The first-order valence-electron chi connectivity index (χ1n) is 7.47. The van der Waals surface area contributed by atoms with E-state index in [1.807, 2.05) is 30.3 Å². The van der Waals surface area contributed by atoms with Crippen LogP contribution in [-0.4, -0.2) is 24.3 Å². The predicted octanol–water partition coefficient (Wildman–Crippen LogP) is 4.09. The maximum Gasteiger partial charge on any atom is 0.162 e. The molecule has 0 saturated heterocycles. The summed E-state index contributed by atoms with van der Waals surface area (Å²) in [5, 5.41) is 0. The molecule has 2 rings (SSSR count).